The molecule has 2 rings (SSSR count). The Morgan fingerprint density at radius 1 is 1.39 bits per heavy atom. The molecule has 0 saturated heterocycles. The molecule has 0 saturated carbocycles. The van der Waals surface area contributed by atoms with Crippen molar-refractivity contribution in [3.63, 3.8) is 0 Å². The fraction of sp³-hybridized carbons (Fsp3) is 0.143. The van der Waals surface area contributed by atoms with Crippen LogP contribution in [0.25, 0.3) is 11.8 Å². The number of nitrogens with one attached hydrogen (secondary N) is 1. The molecule has 1 aromatic carbocycles. The third-order valence-corrected chi connectivity index (χ3v) is 2.93. The number of aromatic hydroxyl groups is 1. The van der Waals surface area contributed by atoms with Gasteiger partial charge in [-0.05, 0) is 30.2 Å². The lowest BCUT2D eigenvalue weighted by molar-refractivity contribution is 0.473. The van der Waals surface area contributed by atoms with E-state index < -0.39 is 0 Å². The number of hydrogen-bond donors (Lipinski definition) is 4. The van der Waals surface area contributed by atoms with Crippen LogP contribution in [0.5, 0.6) is 5.75 Å². The van der Waals surface area contributed by atoms with Crippen LogP contribution >= 0.6 is 0 Å². The zero-order chi connectivity index (χ0) is 13.1. The molecule has 1 heterocycles. The lowest BCUT2D eigenvalue weighted by Gasteiger charge is -2.05. The number of nitrogen functional groups attached to an aromatic ring is 1. The van der Waals surface area contributed by atoms with Gasteiger partial charge in [0.25, 0.3) is 0 Å². The monoisotopic (exact) mass is 243 g/mol. The van der Waals surface area contributed by atoms with E-state index in [9.17, 15) is 5.11 Å². The molecule has 0 spiro atoms. The van der Waals surface area contributed by atoms with Gasteiger partial charge in [-0.15, -0.1) is 0 Å². The summed E-state index contributed by atoms with van der Waals surface area (Å²) in [6, 6.07) is 6.97. The van der Waals surface area contributed by atoms with E-state index in [0.29, 0.717) is 17.1 Å². The number of para-hydroxylation sites is 1. The molecule has 0 aliphatic heterocycles. The van der Waals surface area contributed by atoms with Gasteiger partial charge < -0.3 is 21.6 Å². The molecule has 0 bridgehead atoms. The SMILES string of the molecule is CCc1c[nH]c(N)c1/C=C(\N)c1ccccc1O. The van der Waals surface area contributed by atoms with Gasteiger partial charge in [-0.1, -0.05) is 19.1 Å². The molecular weight excluding hydrogens is 226 g/mol. The molecular formula is C14H17N3O. The fourth-order valence-corrected chi connectivity index (χ4v) is 1.91. The van der Waals surface area contributed by atoms with Crippen LogP contribution in [0.3, 0.4) is 0 Å². The molecule has 0 radical (unpaired) electrons. The van der Waals surface area contributed by atoms with E-state index in [2.05, 4.69) is 11.9 Å². The molecule has 0 aliphatic carbocycles. The first-order valence-corrected chi connectivity index (χ1v) is 5.84. The first kappa shape index (κ1) is 12.1. The Morgan fingerprint density at radius 2 is 2.11 bits per heavy atom. The highest BCUT2D eigenvalue weighted by molar-refractivity contribution is 5.85. The Balaban J connectivity index is 2.45. The molecule has 0 aliphatic rings. The fourth-order valence-electron chi connectivity index (χ4n) is 1.91. The van der Waals surface area contributed by atoms with Crippen LogP contribution < -0.4 is 11.5 Å². The smallest absolute Gasteiger partial charge is 0.124 e. The van der Waals surface area contributed by atoms with E-state index in [-0.39, 0.29) is 5.75 Å². The van der Waals surface area contributed by atoms with Gasteiger partial charge in [0.15, 0.2) is 0 Å². The Hall–Kier alpha value is -2.36. The average Bonchev–Trinajstić information content (AvgIpc) is 2.71. The summed E-state index contributed by atoms with van der Waals surface area (Å²) in [5, 5.41) is 9.75. The Labute approximate surface area is 106 Å². The predicted molar refractivity (Wildman–Crippen MR) is 74.7 cm³/mol. The van der Waals surface area contributed by atoms with Crippen LogP contribution in [0.4, 0.5) is 5.82 Å². The minimum Gasteiger partial charge on any atom is -0.507 e. The van der Waals surface area contributed by atoms with Gasteiger partial charge >= 0.3 is 0 Å². The minimum absolute atomic E-state index is 0.165. The van der Waals surface area contributed by atoms with Crippen LogP contribution in [0.15, 0.2) is 30.5 Å². The summed E-state index contributed by atoms with van der Waals surface area (Å²) in [5.41, 5.74) is 15.0. The van der Waals surface area contributed by atoms with Gasteiger partial charge in [0.1, 0.15) is 11.6 Å². The van der Waals surface area contributed by atoms with E-state index >= 15 is 0 Å². The number of phenolic OH excluding ortho intramolecular Hbond substituents is 1. The number of hydrogen-bond acceptors (Lipinski definition) is 3. The van der Waals surface area contributed by atoms with Gasteiger partial charge in [0, 0.05) is 23.0 Å². The van der Waals surface area contributed by atoms with E-state index in [1.54, 1.807) is 24.3 Å². The third kappa shape index (κ3) is 2.18. The van der Waals surface area contributed by atoms with Crippen LogP contribution in [0, 0.1) is 0 Å². The van der Waals surface area contributed by atoms with Gasteiger partial charge in [-0.3, -0.25) is 0 Å². The predicted octanol–water partition coefficient (Wildman–Crippen LogP) is 2.32. The van der Waals surface area contributed by atoms with Gasteiger partial charge in [-0.25, -0.2) is 0 Å². The molecule has 2 aromatic rings. The first-order valence-electron chi connectivity index (χ1n) is 5.84. The quantitative estimate of drug-likeness (QED) is 0.667. The normalized spacial score (nSPS) is 11.7. The van der Waals surface area contributed by atoms with Crippen LogP contribution in [0.2, 0.25) is 0 Å². The number of nitrogens with two attached hydrogens (primary N) is 2. The second-order valence-electron chi connectivity index (χ2n) is 4.11. The lowest BCUT2D eigenvalue weighted by atomic mass is 10.1. The maximum absolute atomic E-state index is 9.75. The Morgan fingerprint density at radius 3 is 2.78 bits per heavy atom. The first-order chi connectivity index (χ1) is 8.63. The number of H-pyrrole nitrogens is 1. The topological polar surface area (TPSA) is 88.1 Å². The number of aromatic nitrogens is 1. The highest BCUT2D eigenvalue weighted by atomic mass is 16.3. The van der Waals surface area contributed by atoms with Crippen LogP contribution in [-0.4, -0.2) is 10.1 Å². The molecule has 1 aromatic heterocycles. The van der Waals surface area contributed by atoms with Gasteiger partial charge in [0.2, 0.25) is 0 Å². The standard InChI is InChI=1S/C14H17N3O/c1-2-9-8-17-14(16)11(9)7-12(15)10-5-3-4-6-13(10)18/h3-8,17-18H,2,15-16H2,1H3/b12-7-. The van der Waals surface area contributed by atoms with Crippen molar-refractivity contribution in [2.24, 2.45) is 5.73 Å². The zero-order valence-electron chi connectivity index (χ0n) is 10.3. The number of aryl methyl sites for hydroxylation is 1. The average molecular weight is 243 g/mol. The van der Waals surface area contributed by atoms with E-state index in [4.69, 9.17) is 11.5 Å². The van der Waals surface area contributed by atoms with Crippen molar-refractivity contribution in [2.45, 2.75) is 13.3 Å². The van der Waals surface area contributed by atoms with Crippen LogP contribution in [0.1, 0.15) is 23.6 Å². The summed E-state index contributed by atoms with van der Waals surface area (Å²) in [5.74, 6) is 0.753. The van der Waals surface area contributed by atoms with E-state index in [1.165, 1.54) is 0 Å². The van der Waals surface area contributed by atoms with Crippen molar-refractivity contribution in [1.29, 1.82) is 0 Å². The number of rotatable bonds is 3. The van der Waals surface area contributed by atoms with Crippen molar-refractivity contribution in [1.82, 2.24) is 4.98 Å². The number of anilines is 1. The maximum atomic E-state index is 9.75. The Kier molecular flexibility index (Phi) is 3.28. The lowest BCUT2D eigenvalue weighted by Crippen LogP contribution is -1.98. The molecule has 94 valence electrons. The summed E-state index contributed by atoms with van der Waals surface area (Å²) >= 11 is 0. The summed E-state index contributed by atoms with van der Waals surface area (Å²) in [6.07, 6.45) is 4.53. The highest BCUT2D eigenvalue weighted by Crippen LogP contribution is 2.26. The number of phenols is 1. The highest BCUT2D eigenvalue weighted by Gasteiger charge is 2.08. The van der Waals surface area contributed by atoms with E-state index in [0.717, 1.165) is 17.5 Å². The maximum Gasteiger partial charge on any atom is 0.124 e. The van der Waals surface area contributed by atoms with Crippen molar-refractivity contribution < 1.29 is 5.11 Å². The van der Waals surface area contributed by atoms with E-state index in [1.807, 2.05) is 12.3 Å². The Bertz CT molecular complexity index is 584. The van der Waals surface area contributed by atoms with Crippen LogP contribution in [-0.2, 0) is 6.42 Å². The van der Waals surface area contributed by atoms with Gasteiger partial charge in [-0.2, -0.15) is 0 Å². The molecule has 4 heteroatoms. The summed E-state index contributed by atoms with van der Waals surface area (Å²) in [6.45, 7) is 2.05. The van der Waals surface area contributed by atoms with Gasteiger partial charge in [0.05, 0.1) is 0 Å². The molecule has 18 heavy (non-hydrogen) atoms. The molecule has 0 atom stereocenters. The molecule has 0 amide bonds. The van der Waals surface area contributed by atoms with Crippen molar-refractivity contribution in [3.05, 3.63) is 47.2 Å². The third-order valence-electron chi connectivity index (χ3n) is 2.93. The minimum atomic E-state index is 0.165. The second kappa shape index (κ2) is 4.87. The van der Waals surface area contributed by atoms with Crippen molar-refractivity contribution >= 4 is 17.6 Å². The van der Waals surface area contributed by atoms with Crippen molar-refractivity contribution in [3.8, 4) is 5.75 Å². The number of aromatic amines is 1. The van der Waals surface area contributed by atoms with Crippen molar-refractivity contribution in [2.75, 3.05) is 5.73 Å². The summed E-state index contributed by atoms with van der Waals surface area (Å²) in [4.78, 5) is 2.97. The molecule has 4 nitrogen and oxygen atoms in total. The zero-order valence-corrected chi connectivity index (χ0v) is 10.3. The number of benzene rings is 1. The molecule has 0 fully saturated rings. The summed E-state index contributed by atoms with van der Waals surface area (Å²) < 4.78 is 0. The largest absolute Gasteiger partial charge is 0.507 e. The summed E-state index contributed by atoms with van der Waals surface area (Å²) in [7, 11) is 0. The molecule has 6 N–H and O–H groups in total. The second-order valence-corrected chi connectivity index (χ2v) is 4.11. The molecule has 0 unspecified atom stereocenters.